The number of anilines is 1. The zero-order valence-corrected chi connectivity index (χ0v) is 17.3. The van der Waals surface area contributed by atoms with E-state index in [-0.39, 0.29) is 12.8 Å². The standard InChI is InChI=1S/C23H23BFN5O/c1-28-15-18(13-24-28)16-4-6-17(7-5-16)19-14-27-30-10-2-3-20(21(19)30)29-11-8-23(25,9-12-29)22(26)31/h2-7,10,13-15H,8-9,11-12H2,1H3,(H2,26,31). The molecule has 6 nitrogen and oxygen atoms in total. The fourth-order valence-electron chi connectivity index (χ4n) is 4.36. The minimum absolute atomic E-state index is 0.0959. The third-order valence-corrected chi connectivity index (χ3v) is 6.22. The number of fused-ring (bicyclic) bond motifs is 1. The number of hydrogen-bond acceptors (Lipinski definition) is 3. The van der Waals surface area contributed by atoms with Crippen LogP contribution >= 0.6 is 0 Å². The normalized spacial score (nSPS) is 15.9. The number of piperidine rings is 1. The Hall–Kier alpha value is -3.42. The first kappa shape index (κ1) is 19.5. The van der Waals surface area contributed by atoms with Crippen LogP contribution < -0.4 is 10.6 Å². The van der Waals surface area contributed by atoms with Crippen molar-refractivity contribution in [1.29, 1.82) is 0 Å². The zero-order chi connectivity index (χ0) is 21.6. The molecule has 1 aliphatic rings. The second-order valence-corrected chi connectivity index (χ2v) is 8.20. The van der Waals surface area contributed by atoms with E-state index >= 15 is 0 Å². The Morgan fingerprint density at radius 1 is 1.13 bits per heavy atom. The summed E-state index contributed by atoms with van der Waals surface area (Å²) in [6.07, 6.45) is 6.06. The molecule has 2 N–H and O–H groups in total. The summed E-state index contributed by atoms with van der Waals surface area (Å²) in [4.78, 5) is 13.6. The molecule has 0 atom stereocenters. The summed E-state index contributed by atoms with van der Waals surface area (Å²) >= 11 is 0. The van der Waals surface area contributed by atoms with Gasteiger partial charge in [0.2, 0.25) is 0 Å². The maximum absolute atomic E-state index is 14.6. The van der Waals surface area contributed by atoms with E-state index < -0.39 is 11.6 Å². The van der Waals surface area contributed by atoms with Gasteiger partial charge in [0.1, 0.15) is 0 Å². The third kappa shape index (κ3) is 3.42. The molecule has 0 radical (unpaired) electrons. The van der Waals surface area contributed by atoms with Crippen LogP contribution in [0, 0.1) is 0 Å². The number of primary amides is 1. The SMILES string of the molecule is Cn1bcc(-c2ccc(-c3cnn4cccc(N5CCC(F)(C(N)=O)CC5)c34)cc2)c1. The first-order valence-corrected chi connectivity index (χ1v) is 10.4. The molecule has 0 unspecified atom stereocenters. The molecule has 4 heterocycles. The number of amides is 1. The number of nitrogens with zero attached hydrogens (tertiary/aromatic N) is 4. The Morgan fingerprint density at radius 2 is 1.84 bits per heavy atom. The fraction of sp³-hybridized carbons (Fsp3) is 0.261. The Bertz CT molecular complexity index is 1250. The van der Waals surface area contributed by atoms with E-state index in [4.69, 9.17) is 5.73 Å². The number of carbonyl (C=O) groups excluding carboxylic acids is 1. The molecule has 3 aromatic heterocycles. The summed E-state index contributed by atoms with van der Waals surface area (Å²) in [7, 11) is 4.04. The monoisotopic (exact) mass is 415 g/mol. The van der Waals surface area contributed by atoms with Gasteiger partial charge in [-0.2, -0.15) is 0 Å². The topological polar surface area (TPSA) is 68.6 Å². The summed E-state index contributed by atoms with van der Waals surface area (Å²) in [5.74, 6) is 1.23. The number of alkyl halides is 1. The van der Waals surface area contributed by atoms with Crippen LogP contribution in [0.1, 0.15) is 12.8 Å². The molecule has 0 aliphatic carbocycles. The molecular formula is C23H23BFN5O. The van der Waals surface area contributed by atoms with Crippen LogP contribution in [0.2, 0.25) is 0 Å². The first-order valence-electron chi connectivity index (χ1n) is 10.4. The first-order chi connectivity index (χ1) is 14.9. The van der Waals surface area contributed by atoms with Crippen molar-refractivity contribution in [1.82, 2.24) is 14.1 Å². The van der Waals surface area contributed by atoms with E-state index in [9.17, 15) is 9.18 Å². The molecule has 156 valence electrons. The maximum atomic E-state index is 14.6. The van der Waals surface area contributed by atoms with Gasteiger partial charge >= 0.3 is 153 Å². The molecule has 1 amide bonds. The molecule has 4 aromatic rings. The van der Waals surface area contributed by atoms with Crippen LogP contribution in [0.5, 0.6) is 0 Å². The van der Waals surface area contributed by atoms with E-state index in [1.165, 1.54) is 5.56 Å². The number of benzene rings is 1. The van der Waals surface area contributed by atoms with Gasteiger partial charge < -0.3 is 5.73 Å². The van der Waals surface area contributed by atoms with Gasteiger partial charge in [-0.3, -0.25) is 4.79 Å². The Labute approximate surface area is 180 Å². The summed E-state index contributed by atoms with van der Waals surface area (Å²) in [5.41, 5.74) is 9.71. The Morgan fingerprint density at radius 3 is 2.48 bits per heavy atom. The van der Waals surface area contributed by atoms with Crippen LogP contribution in [0.25, 0.3) is 27.8 Å². The predicted octanol–water partition coefficient (Wildman–Crippen LogP) is 3.14. The number of pyridine rings is 1. The number of halogens is 1. The van der Waals surface area contributed by atoms with Crippen molar-refractivity contribution in [3.05, 3.63) is 61.0 Å². The number of aromatic nitrogens is 3. The van der Waals surface area contributed by atoms with Crippen molar-refractivity contribution in [3.63, 3.8) is 0 Å². The number of rotatable bonds is 4. The van der Waals surface area contributed by atoms with E-state index in [0.29, 0.717) is 13.1 Å². The molecule has 0 spiro atoms. The molecule has 1 saturated heterocycles. The van der Waals surface area contributed by atoms with Crippen LogP contribution in [0.4, 0.5) is 10.1 Å². The van der Waals surface area contributed by atoms with Crippen molar-refractivity contribution in [2.45, 2.75) is 18.5 Å². The second kappa shape index (κ2) is 7.37. The van der Waals surface area contributed by atoms with E-state index in [0.717, 1.165) is 27.9 Å². The molecule has 31 heavy (non-hydrogen) atoms. The zero-order valence-electron chi connectivity index (χ0n) is 17.3. The number of aryl methyl sites for hydroxylation is 1. The van der Waals surface area contributed by atoms with Gasteiger partial charge in [-0.05, 0) is 0 Å². The Balaban J connectivity index is 1.49. The molecule has 0 bridgehead atoms. The molecule has 5 rings (SSSR count). The minimum atomic E-state index is -1.92. The third-order valence-electron chi connectivity index (χ3n) is 6.22. The van der Waals surface area contributed by atoms with Crippen LogP contribution in [-0.4, -0.2) is 45.8 Å². The van der Waals surface area contributed by atoms with Crippen molar-refractivity contribution >= 4 is 24.2 Å². The molecule has 8 heteroatoms. The molecular weight excluding hydrogens is 392 g/mol. The molecule has 0 saturated carbocycles. The average Bonchev–Trinajstić information content (AvgIpc) is 3.41. The van der Waals surface area contributed by atoms with Gasteiger partial charge in [0, 0.05) is 0 Å². The van der Waals surface area contributed by atoms with Crippen molar-refractivity contribution < 1.29 is 9.18 Å². The number of hydrogen-bond donors (Lipinski definition) is 1. The van der Waals surface area contributed by atoms with Gasteiger partial charge in [-0.15, -0.1) is 0 Å². The quantitative estimate of drug-likeness (QED) is 0.557. The van der Waals surface area contributed by atoms with Crippen molar-refractivity contribution in [2.75, 3.05) is 18.0 Å². The van der Waals surface area contributed by atoms with Gasteiger partial charge in [-0.1, -0.05) is 0 Å². The summed E-state index contributed by atoms with van der Waals surface area (Å²) in [6, 6.07) is 12.4. The number of carbonyl (C=O) groups is 1. The van der Waals surface area contributed by atoms with Gasteiger partial charge in [0.25, 0.3) is 5.91 Å². The van der Waals surface area contributed by atoms with E-state index in [1.54, 1.807) is 0 Å². The van der Waals surface area contributed by atoms with Gasteiger partial charge in [-0.25, -0.2) is 4.39 Å². The van der Waals surface area contributed by atoms with Crippen molar-refractivity contribution in [2.24, 2.45) is 12.8 Å². The van der Waals surface area contributed by atoms with Crippen LogP contribution in [0.3, 0.4) is 0 Å². The molecule has 1 aliphatic heterocycles. The van der Waals surface area contributed by atoms with Crippen LogP contribution in [0.15, 0.2) is 61.0 Å². The fourth-order valence-corrected chi connectivity index (χ4v) is 4.36. The second-order valence-electron chi connectivity index (χ2n) is 8.20. The van der Waals surface area contributed by atoms with Gasteiger partial charge in [0.15, 0.2) is 5.67 Å². The van der Waals surface area contributed by atoms with Crippen LogP contribution in [-0.2, 0) is 11.8 Å². The van der Waals surface area contributed by atoms with Gasteiger partial charge in [0.05, 0.1) is 0 Å². The molecule has 1 fully saturated rings. The number of nitrogens with two attached hydrogens (primary N) is 1. The summed E-state index contributed by atoms with van der Waals surface area (Å²) in [6.45, 7) is 0.855. The van der Waals surface area contributed by atoms with Crippen molar-refractivity contribution in [3.8, 4) is 22.3 Å². The average molecular weight is 415 g/mol. The predicted molar refractivity (Wildman–Crippen MR) is 121 cm³/mol. The summed E-state index contributed by atoms with van der Waals surface area (Å²) in [5, 5.41) is 4.53. The molecule has 1 aromatic carbocycles. The Kier molecular flexibility index (Phi) is 4.65. The van der Waals surface area contributed by atoms with E-state index in [2.05, 4.69) is 46.4 Å². The summed E-state index contributed by atoms with van der Waals surface area (Å²) < 4.78 is 18.5. The van der Waals surface area contributed by atoms with E-state index in [1.807, 2.05) is 47.6 Å².